The molecule has 17 heavy (non-hydrogen) atoms. The molecule has 0 spiro atoms. The predicted molar refractivity (Wildman–Crippen MR) is 72.0 cm³/mol. The quantitative estimate of drug-likeness (QED) is 0.656. The number of benzene rings is 1. The summed E-state index contributed by atoms with van der Waals surface area (Å²) in [5, 5.41) is 0. The molecule has 0 aliphatic heterocycles. The predicted octanol–water partition coefficient (Wildman–Crippen LogP) is 3.41. The van der Waals surface area contributed by atoms with Gasteiger partial charge in [-0.25, -0.2) is 0 Å². The average molecular weight is 226 g/mol. The molecule has 0 amide bonds. The fraction of sp³-hybridized carbons (Fsp3) is 0.312. The number of aryl methyl sites for hydroxylation is 4. The molecule has 0 N–H and O–H groups in total. The molecule has 0 unspecified atom stereocenters. The molecule has 1 aromatic carbocycles. The number of hydrogen-bond acceptors (Lipinski definition) is 0. The highest BCUT2D eigenvalue weighted by Crippen LogP contribution is 2.22. The zero-order valence-electron chi connectivity index (χ0n) is 11.3. The molecule has 0 fully saturated rings. The van der Waals surface area contributed by atoms with Crippen molar-refractivity contribution in [1.82, 2.24) is 0 Å². The first-order valence-electron chi connectivity index (χ1n) is 6.04. The van der Waals surface area contributed by atoms with E-state index in [4.69, 9.17) is 0 Å². The van der Waals surface area contributed by atoms with E-state index in [2.05, 4.69) is 69.6 Å². The van der Waals surface area contributed by atoms with Crippen LogP contribution in [0, 0.1) is 27.7 Å². The third-order valence-electron chi connectivity index (χ3n) is 3.36. The zero-order valence-corrected chi connectivity index (χ0v) is 11.3. The molecule has 1 aromatic heterocycles. The molecular formula is C16H20N+. The van der Waals surface area contributed by atoms with Crippen LogP contribution in [0.15, 0.2) is 30.3 Å². The molecule has 0 saturated carbocycles. The molecule has 1 nitrogen and oxygen atoms in total. The van der Waals surface area contributed by atoms with Gasteiger partial charge in [-0.15, -0.1) is 0 Å². The Morgan fingerprint density at radius 3 is 2.24 bits per heavy atom. The van der Waals surface area contributed by atoms with E-state index in [-0.39, 0.29) is 0 Å². The van der Waals surface area contributed by atoms with Crippen LogP contribution in [-0.2, 0) is 7.05 Å². The van der Waals surface area contributed by atoms with Crippen LogP contribution in [0.5, 0.6) is 0 Å². The third kappa shape index (κ3) is 2.23. The van der Waals surface area contributed by atoms with Crippen molar-refractivity contribution in [3.05, 3.63) is 52.7 Å². The highest BCUT2D eigenvalue weighted by molar-refractivity contribution is 5.62. The number of nitrogens with zero attached hydrogens (tertiary/aromatic N) is 1. The smallest absolute Gasteiger partial charge is 0.199 e. The largest absolute Gasteiger partial charge is 0.212 e. The standard InChI is InChI=1S/C16H20N/c1-11-6-7-13(3)15(9-11)16-10-12(2)8-14(4)17(16)5/h6-10H,1-5H3/q+1. The van der Waals surface area contributed by atoms with E-state index in [1.807, 2.05) is 0 Å². The van der Waals surface area contributed by atoms with E-state index in [1.165, 1.54) is 33.6 Å². The molecule has 2 aromatic rings. The Kier molecular flexibility index (Phi) is 3.01. The molecule has 0 aliphatic rings. The van der Waals surface area contributed by atoms with Gasteiger partial charge in [-0.1, -0.05) is 17.7 Å². The Morgan fingerprint density at radius 1 is 0.824 bits per heavy atom. The lowest BCUT2D eigenvalue weighted by Crippen LogP contribution is -2.35. The summed E-state index contributed by atoms with van der Waals surface area (Å²) in [7, 11) is 2.13. The maximum absolute atomic E-state index is 2.27. The first-order chi connectivity index (χ1) is 7.99. The van der Waals surface area contributed by atoms with Gasteiger partial charge in [-0.05, 0) is 38.0 Å². The molecule has 0 radical (unpaired) electrons. The highest BCUT2D eigenvalue weighted by atomic mass is 14.9. The second-order valence-electron chi connectivity index (χ2n) is 4.94. The highest BCUT2D eigenvalue weighted by Gasteiger charge is 2.15. The molecule has 1 heteroatoms. The molecule has 0 aliphatic carbocycles. The van der Waals surface area contributed by atoms with Gasteiger partial charge in [-0.2, -0.15) is 4.57 Å². The number of hydrogen-bond donors (Lipinski definition) is 0. The minimum Gasteiger partial charge on any atom is -0.199 e. The van der Waals surface area contributed by atoms with Crippen LogP contribution >= 0.6 is 0 Å². The van der Waals surface area contributed by atoms with Crippen molar-refractivity contribution in [2.24, 2.45) is 7.05 Å². The molecule has 0 saturated heterocycles. The average Bonchev–Trinajstić information content (AvgIpc) is 2.27. The van der Waals surface area contributed by atoms with E-state index in [9.17, 15) is 0 Å². The number of aromatic nitrogens is 1. The van der Waals surface area contributed by atoms with Crippen molar-refractivity contribution < 1.29 is 4.57 Å². The van der Waals surface area contributed by atoms with Crippen LogP contribution in [0.25, 0.3) is 11.3 Å². The summed E-state index contributed by atoms with van der Waals surface area (Å²) in [4.78, 5) is 0. The van der Waals surface area contributed by atoms with Crippen molar-refractivity contribution in [1.29, 1.82) is 0 Å². The summed E-state index contributed by atoms with van der Waals surface area (Å²) >= 11 is 0. The maximum Gasteiger partial charge on any atom is 0.212 e. The van der Waals surface area contributed by atoms with E-state index < -0.39 is 0 Å². The lowest BCUT2D eigenvalue weighted by atomic mass is 10.0. The van der Waals surface area contributed by atoms with Crippen LogP contribution in [0.1, 0.15) is 22.4 Å². The lowest BCUT2D eigenvalue weighted by Gasteiger charge is -2.08. The van der Waals surface area contributed by atoms with Crippen molar-refractivity contribution in [2.75, 3.05) is 0 Å². The minimum atomic E-state index is 1.29. The molecule has 0 bridgehead atoms. The van der Waals surface area contributed by atoms with Crippen LogP contribution < -0.4 is 4.57 Å². The maximum atomic E-state index is 2.27. The summed E-state index contributed by atoms with van der Waals surface area (Å²) in [6.45, 7) is 8.63. The van der Waals surface area contributed by atoms with Crippen molar-refractivity contribution in [3.63, 3.8) is 0 Å². The van der Waals surface area contributed by atoms with Gasteiger partial charge in [0.1, 0.15) is 7.05 Å². The monoisotopic (exact) mass is 226 g/mol. The fourth-order valence-electron chi connectivity index (χ4n) is 2.24. The van der Waals surface area contributed by atoms with Gasteiger partial charge < -0.3 is 0 Å². The third-order valence-corrected chi connectivity index (χ3v) is 3.36. The summed E-state index contributed by atoms with van der Waals surface area (Å²) in [6, 6.07) is 11.1. The van der Waals surface area contributed by atoms with Gasteiger partial charge in [0.05, 0.1) is 0 Å². The molecule has 0 atom stereocenters. The summed E-state index contributed by atoms with van der Waals surface area (Å²) < 4.78 is 2.26. The van der Waals surface area contributed by atoms with E-state index >= 15 is 0 Å². The lowest BCUT2D eigenvalue weighted by molar-refractivity contribution is -0.666. The van der Waals surface area contributed by atoms with E-state index in [0.717, 1.165) is 0 Å². The van der Waals surface area contributed by atoms with Gasteiger partial charge in [0.2, 0.25) is 5.69 Å². The first-order valence-corrected chi connectivity index (χ1v) is 6.04. The van der Waals surface area contributed by atoms with Crippen LogP contribution in [0.4, 0.5) is 0 Å². The van der Waals surface area contributed by atoms with Crippen molar-refractivity contribution in [2.45, 2.75) is 27.7 Å². The second-order valence-corrected chi connectivity index (χ2v) is 4.94. The topological polar surface area (TPSA) is 3.88 Å². The van der Waals surface area contributed by atoms with Gasteiger partial charge in [0, 0.05) is 24.6 Å². The second kappa shape index (κ2) is 4.33. The molecule has 1 heterocycles. The fourth-order valence-corrected chi connectivity index (χ4v) is 2.24. The van der Waals surface area contributed by atoms with E-state index in [1.54, 1.807) is 0 Å². The Bertz CT molecular complexity index is 568. The van der Waals surface area contributed by atoms with E-state index in [0.29, 0.717) is 0 Å². The van der Waals surface area contributed by atoms with Crippen molar-refractivity contribution >= 4 is 0 Å². The van der Waals surface area contributed by atoms with Gasteiger partial charge in [0.25, 0.3) is 0 Å². The van der Waals surface area contributed by atoms with Crippen molar-refractivity contribution in [3.8, 4) is 11.3 Å². The zero-order chi connectivity index (χ0) is 12.6. The number of rotatable bonds is 1. The van der Waals surface area contributed by atoms with Gasteiger partial charge in [0.15, 0.2) is 5.69 Å². The molecule has 2 rings (SSSR count). The van der Waals surface area contributed by atoms with Gasteiger partial charge >= 0.3 is 0 Å². The Labute approximate surface area is 104 Å². The van der Waals surface area contributed by atoms with Gasteiger partial charge in [-0.3, -0.25) is 0 Å². The Hall–Kier alpha value is -1.63. The summed E-state index contributed by atoms with van der Waals surface area (Å²) in [6.07, 6.45) is 0. The SMILES string of the molecule is Cc1ccc(C)c(-c2cc(C)cc(C)[n+]2C)c1. The number of pyridine rings is 1. The van der Waals surface area contributed by atoms with Crippen LogP contribution in [0.2, 0.25) is 0 Å². The Morgan fingerprint density at radius 2 is 1.53 bits per heavy atom. The Balaban J connectivity index is 2.72. The minimum absolute atomic E-state index is 1.29. The summed E-state index contributed by atoms with van der Waals surface area (Å²) in [5.41, 5.74) is 7.88. The normalized spacial score (nSPS) is 10.6. The molecule has 88 valence electrons. The summed E-state index contributed by atoms with van der Waals surface area (Å²) in [5.74, 6) is 0. The first kappa shape index (κ1) is 11.8. The molecular weight excluding hydrogens is 206 g/mol. The van der Waals surface area contributed by atoms with Crippen LogP contribution in [-0.4, -0.2) is 0 Å². The van der Waals surface area contributed by atoms with Crippen LogP contribution in [0.3, 0.4) is 0 Å².